The van der Waals surface area contributed by atoms with Crippen LogP contribution in [0.25, 0.3) is 0 Å². The van der Waals surface area contributed by atoms with E-state index >= 15 is 0 Å². The van der Waals surface area contributed by atoms with E-state index in [2.05, 4.69) is 50.2 Å². The average Bonchev–Trinajstić information content (AvgIpc) is 2.38. The van der Waals surface area contributed by atoms with Gasteiger partial charge in [0.2, 0.25) is 0 Å². The van der Waals surface area contributed by atoms with Crippen molar-refractivity contribution in [2.24, 2.45) is 0 Å². The molecule has 2 nitrogen and oxygen atoms in total. The van der Waals surface area contributed by atoms with Gasteiger partial charge >= 0.3 is 0 Å². The maximum Gasteiger partial charge on any atom is 0.0452 e. The van der Waals surface area contributed by atoms with Crippen LogP contribution in [0.3, 0.4) is 0 Å². The zero-order valence-corrected chi connectivity index (χ0v) is 14.3. The molecule has 0 aliphatic carbocycles. The number of nitrogens with zero attached hydrogens (tertiary/aromatic N) is 1. The highest BCUT2D eigenvalue weighted by atomic mass is 15.1. The van der Waals surface area contributed by atoms with Gasteiger partial charge in [0.25, 0.3) is 0 Å². The Morgan fingerprint density at radius 2 is 1.48 bits per heavy atom. The van der Waals surface area contributed by atoms with Gasteiger partial charge in [-0.25, -0.2) is 0 Å². The van der Waals surface area contributed by atoms with Crippen LogP contribution in [-0.4, -0.2) is 31.6 Å². The van der Waals surface area contributed by atoms with Gasteiger partial charge in [-0.3, -0.25) is 0 Å². The molecule has 118 valence electrons. The van der Waals surface area contributed by atoms with Crippen molar-refractivity contribution >= 4 is 0 Å². The summed E-state index contributed by atoms with van der Waals surface area (Å²) in [6.07, 6.45) is 6.97. The summed E-state index contributed by atoms with van der Waals surface area (Å²) in [5.74, 6) is 0. The molecule has 1 heterocycles. The van der Waals surface area contributed by atoms with Gasteiger partial charge in [-0.15, -0.1) is 0 Å². The van der Waals surface area contributed by atoms with Gasteiger partial charge < -0.3 is 10.2 Å². The van der Waals surface area contributed by atoms with E-state index in [-0.39, 0.29) is 0 Å². The van der Waals surface area contributed by atoms with Crippen molar-refractivity contribution in [3.05, 3.63) is 34.4 Å². The van der Waals surface area contributed by atoms with E-state index < -0.39 is 0 Å². The predicted molar refractivity (Wildman–Crippen MR) is 92.0 cm³/mol. The third-order valence-electron chi connectivity index (χ3n) is 4.82. The largest absolute Gasteiger partial charge is 0.312 e. The van der Waals surface area contributed by atoms with Crippen molar-refractivity contribution in [1.82, 2.24) is 10.2 Å². The highest BCUT2D eigenvalue weighted by Crippen LogP contribution is 2.25. The highest BCUT2D eigenvalue weighted by molar-refractivity contribution is 5.39. The van der Waals surface area contributed by atoms with Crippen molar-refractivity contribution in [3.63, 3.8) is 0 Å². The lowest BCUT2D eigenvalue weighted by atomic mass is 9.93. The number of hydrogen-bond acceptors (Lipinski definition) is 2. The molecular weight excluding hydrogens is 256 g/mol. The lowest BCUT2D eigenvalue weighted by Crippen LogP contribution is -2.36. The van der Waals surface area contributed by atoms with E-state index in [4.69, 9.17) is 0 Å². The van der Waals surface area contributed by atoms with Crippen LogP contribution < -0.4 is 5.32 Å². The lowest BCUT2D eigenvalue weighted by molar-refractivity contribution is 0.224. The van der Waals surface area contributed by atoms with E-state index in [9.17, 15) is 0 Å². The summed E-state index contributed by atoms with van der Waals surface area (Å²) >= 11 is 0. The molecule has 1 atom stereocenters. The number of hydrogen-bond donors (Lipinski definition) is 1. The fourth-order valence-electron chi connectivity index (χ4n) is 3.82. The minimum Gasteiger partial charge on any atom is -0.312 e. The predicted octanol–water partition coefficient (Wildman–Crippen LogP) is 4.14. The van der Waals surface area contributed by atoms with Gasteiger partial charge in [-0.05, 0) is 70.4 Å². The zero-order valence-electron chi connectivity index (χ0n) is 14.3. The van der Waals surface area contributed by atoms with Gasteiger partial charge in [0.1, 0.15) is 0 Å². The van der Waals surface area contributed by atoms with E-state index in [0.717, 1.165) is 6.54 Å². The van der Waals surface area contributed by atoms with E-state index in [0.29, 0.717) is 6.04 Å². The maximum absolute atomic E-state index is 3.56. The monoisotopic (exact) mass is 288 g/mol. The van der Waals surface area contributed by atoms with Crippen molar-refractivity contribution in [3.8, 4) is 0 Å². The van der Waals surface area contributed by atoms with Crippen molar-refractivity contribution < 1.29 is 0 Å². The number of rotatable bonds is 4. The van der Waals surface area contributed by atoms with Crippen LogP contribution in [0.1, 0.15) is 60.4 Å². The Kier molecular flexibility index (Phi) is 6.25. The van der Waals surface area contributed by atoms with Crippen LogP contribution >= 0.6 is 0 Å². The molecule has 0 aromatic heterocycles. The second-order valence-electron chi connectivity index (χ2n) is 6.72. The summed E-state index contributed by atoms with van der Waals surface area (Å²) in [5, 5.41) is 3.56. The van der Waals surface area contributed by atoms with Crippen molar-refractivity contribution in [2.75, 3.05) is 26.7 Å². The van der Waals surface area contributed by atoms with Crippen LogP contribution in [0.2, 0.25) is 0 Å². The average molecular weight is 288 g/mol. The minimum absolute atomic E-state index is 0.449. The molecule has 0 spiro atoms. The minimum atomic E-state index is 0.449. The third-order valence-corrected chi connectivity index (χ3v) is 4.82. The second-order valence-corrected chi connectivity index (χ2v) is 6.72. The first-order chi connectivity index (χ1) is 10.1. The number of benzene rings is 1. The summed E-state index contributed by atoms with van der Waals surface area (Å²) in [4.78, 5) is 2.67. The number of nitrogens with one attached hydrogen (secondary N) is 1. The van der Waals surface area contributed by atoms with Crippen LogP contribution in [-0.2, 0) is 0 Å². The van der Waals surface area contributed by atoms with Crippen molar-refractivity contribution in [2.45, 2.75) is 58.9 Å². The van der Waals surface area contributed by atoms with Crippen molar-refractivity contribution in [1.29, 1.82) is 0 Å². The van der Waals surface area contributed by atoms with Gasteiger partial charge in [0, 0.05) is 12.6 Å². The number of likely N-dealkylation sites (N-methyl/N-ethyl adjacent to an activating group) is 1. The first kappa shape index (κ1) is 16.5. The zero-order chi connectivity index (χ0) is 15.2. The summed E-state index contributed by atoms with van der Waals surface area (Å²) in [6, 6.07) is 5.09. The molecule has 1 aliphatic heterocycles. The van der Waals surface area contributed by atoms with E-state index in [1.165, 1.54) is 67.4 Å². The molecule has 1 aromatic rings. The maximum atomic E-state index is 3.56. The number of aryl methyl sites for hydroxylation is 3. The van der Waals surface area contributed by atoms with Crippen LogP contribution in [0, 0.1) is 20.8 Å². The summed E-state index contributed by atoms with van der Waals surface area (Å²) in [5.41, 5.74) is 5.73. The normalized spacial score (nSPS) is 19.0. The summed E-state index contributed by atoms with van der Waals surface area (Å²) in [6.45, 7) is 10.4. The second kappa shape index (κ2) is 7.95. The van der Waals surface area contributed by atoms with Crippen LogP contribution in [0.4, 0.5) is 0 Å². The Balaban J connectivity index is 2.12. The summed E-state index contributed by atoms with van der Waals surface area (Å²) in [7, 11) is 2.10. The first-order valence-corrected chi connectivity index (χ1v) is 8.59. The highest BCUT2D eigenvalue weighted by Gasteiger charge is 2.19. The number of likely N-dealkylation sites (tertiary alicyclic amines) is 1. The molecule has 1 aliphatic rings. The molecular formula is C19H32N2. The molecule has 0 saturated carbocycles. The van der Waals surface area contributed by atoms with Gasteiger partial charge in [-0.1, -0.05) is 37.0 Å². The Hall–Kier alpha value is -0.860. The van der Waals surface area contributed by atoms with Gasteiger partial charge in [0.15, 0.2) is 0 Å². The van der Waals surface area contributed by atoms with E-state index in [1.807, 2.05) is 0 Å². The van der Waals surface area contributed by atoms with Gasteiger partial charge in [-0.2, -0.15) is 0 Å². The summed E-state index contributed by atoms with van der Waals surface area (Å²) < 4.78 is 0. The lowest BCUT2D eigenvalue weighted by Gasteiger charge is -2.30. The molecule has 2 rings (SSSR count). The molecule has 1 fully saturated rings. The Labute approximate surface area is 130 Å². The molecule has 21 heavy (non-hydrogen) atoms. The molecule has 2 heteroatoms. The molecule has 0 bridgehead atoms. The fraction of sp³-hybridized carbons (Fsp3) is 0.684. The Morgan fingerprint density at radius 1 is 0.952 bits per heavy atom. The molecule has 0 amide bonds. The molecule has 1 saturated heterocycles. The smallest absolute Gasteiger partial charge is 0.0452 e. The Bertz CT molecular complexity index is 422. The van der Waals surface area contributed by atoms with Crippen LogP contribution in [0.5, 0.6) is 0 Å². The molecule has 1 aromatic carbocycles. The topological polar surface area (TPSA) is 15.3 Å². The first-order valence-electron chi connectivity index (χ1n) is 8.59. The third kappa shape index (κ3) is 4.55. The van der Waals surface area contributed by atoms with Gasteiger partial charge in [0.05, 0.1) is 0 Å². The fourth-order valence-corrected chi connectivity index (χ4v) is 3.82. The molecule has 1 N–H and O–H groups in total. The quantitative estimate of drug-likeness (QED) is 0.896. The SMILES string of the molecule is CNC(CN1CCCCCCC1)c1c(C)cc(C)cc1C. The molecule has 0 radical (unpaired) electrons. The standard InChI is InChI=1S/C19H32N2/c1-15-12-16(2)19(17(3)13-15)18(20-4)14-21-10-8-6-5-7-9-11-21/h12-13,18,20H,5-11,14H2,1-4H3. The molecule has 1 unspecified atom stereocenters. The van der Waals surface area contributed by atoms with Crippen LogP contribution in [0.15, 0.2) is 12.1 Å². The van der Waals surface area contributed by atoms with E-state index in [1.54, 1.807) is 0 Å². The Morgan fingerprint density at radius 3 is 2.00 bits per heavy atom.